The van der Waals surface area contributed by atoms with E-state index in [1.165, 1.54) is 5.56 Å². The van der Waals surface area contributed by atoms with Crippen LogP contribution < -0.4 is 15.6 Å². The summed E-state index contributed by atoms with van der Waals surface area (Å²) in [6, 6.07) is 17.3. The maximum absolute atomic E-state index is 12.4. The maximum atomic E-state index is 12.4. The number of hydrogen-bond donors (Lipinski definition) is 2. The van der Waals surface area contributed by atoms with Gasteiger partial charge < -0.3 is 15.0 Å². The fourth-order valence-electron chi connectivity index (χ4n) is 3.00. The van der Waals surface area contributed by atoms with Crippen molar-refractivity contribution in [1.82, 2.24) is 20.5 Å². The quantitative estimate of drug-likeness (QED) is 0.525. The van der Waals surface area contributed by atoms with Gasteiger partial charge in [0.1, 0.15) is 11.4 Å². The van der Waals surface area contributed by atoms with E-state index in [1.807, 2.05) is 61.5 Å². The molecule has 0 saturated heterocycles. The summed E-state index contributed by atoms with van der Waals surface area (Å²) >= 11 is 0. The highest BCUT2D eigenvalue weighted by atomic mass is 16.5. The molecule has 0 radical (unpaired) electrons. The molecular weight excluding hydrogens is 392 g/mol. The van der Waals surface area contributed by atoms with Gasteiger partial charge in [0.05, 0.1) is 6.10 Å². The number of ether oxygens (including phenoxy) is 1. The molecule has 0 aliphatic rings. The molecule has 3 rings (SSSR count). The molecule has 1 heterocycles. The summed E-state index contributed by atoms with van der Waals surface area (Å²) in [5.41, 5.74) is 1.79. The number of H-pyrrole nitrogens is 1. The Morgan fingerprint density at radius 3 is 2.65 bits per heavy atom. The second-order valence-electron chi connectivity index (χ2n) is 7.40. The topological polar surface area (TPSA) is 97.0 Å². The van der Waals surface area contributed by atoms with Crippen LogP contribution in [0.25, 0.3) is 11.4 Å². The Morgan fingerprint density at radius 1 is 1.10 bits per heavy atom. The predicted octanol–water partition coefficient (Wildman–Crippen LogP) is 3.30. The van der Waals surface area contributed by atoms with Gasteiger partial charge in [-0.3, -0.25) is 9.59 Å². The van der Waals surface area contributed by atoms with Crippen LogP contribution in [0.15, 0.2) is 59.4 Å². The van der Waals surface area contributed by atoms with E-state index >= 15 is 0 Å². The van der Waals surface area contributed by atoms with Crippen LogP contribution >= 0.6 is 0 Å². The van der Waals surface area contributed by atoms with Crippen molar-refractivity contribution in [2.24, 2.45) is 0 Å². The average molecular weight is 421 g/mol. The molecule has 1 atom stereocenters. The van der Waals surface area contributed by atoms with Gasteiger partial charge in [-0.2, -0.15) is 0 Å². The Morgan fingerprint density at radius 2 is 1.90 bits per heavy atom. The first-order valence-electron chi connectivity index (χ1n) is 10.6. The van der Waals surface area contributed by atoms with Gasteiger partial charge in [-0.1, -0.05) is 49.4 Å². The molecule has 31 heavy (non-hydrogen) atoms. The highest BCUT2D eigenvalue weighted by Crippen LogP contribution is 2.21. The van der Waals surface area contributed by atoms with Crippen LogP contribution in [0.5, 0.6) is 5.75 Å². The predicted molar refractivity (Wildman–Crippen MR) is 120 cm³/mol. The number of hydrogen-bond acceptors (Lipinski definition) is 5. The zero-order valence-electron chi connectivity index (χ0n) is 17.9. The highest BCUT2D eigenvalue weighted by Gasteiger charge is 2.10. The lowest BCUT2D eigenvalue weighted by molar-refractivity contribution is -0.121. The Balaban J connectivity index is 1.54. The summed E-state index contributed by atoms with van der Waals surface area (Å²) in [7, 11) is 0. The van der Waals surface area contributed by atoms with Crippen LogP contribution in [0.4, 0.5) is 0 Å². The van der Waals surface area contributed by atoms with E-state index in [9.17, 15) is 9.59 Å². The molecule has 1 aromatic heterocycles. The summed E-state index contributed by atoms with van der Waals surface area (Å²) in [4.78, 5) is 27.2. The molecule has 0 fully saturated rings. The monoisotopic (exact) mass is 420 g/mol. The van der Waals surface area contributed by atoms with Crippen molar-refractivity contribution in [2.75, 3.05) is 6.54 Å². The molecule has 3 aromatic rings. The third-order valence-electron chi connectivity index (χ3n) is 4.95. The molecule has 7 nitrogen and oxygen atoms in total. The molecule has 0 bridgehead atoms. The fraction of sp³-hybridized carbons (Fsp3) is 0.333. The number of carbonyl (C=O) groups excluding carboxylic acids is 1. The van der Waals surface area contributed by atoms with E-state index in [1.54, 1.807) is 0 Å². The lowest BCUT2D eigenvalue weighted by Crippen LogP contribution is -2.27. The Hall–Kier alpha value is -3.48. The Bertz CT molecular complexity index is 1050. The van der Waals surface area contributed by atoms with Crippen molar-refractivity contribution in [3.63, 3.8) is 0 Å². The average Bonchev–Trinajstić information content (AvgIpc) is 2.79. The molecule has 0 unspecified atom stereocenters. The number of benzene rings is 2. The fourth-order valence-corrected chi connectivity index (χ4v) is 3.00. The maximum Gasteiger partial charge on any atom is 0.273 e. The van der Waals surface area contributed by atoms with Crippen molar-refractivity contribution in [3.8, 4) is 17.1 Å². The lowest BCUT2D eigenvalue weighted by Gasteiger charge is -2.13. The van der Waals surface area contributed by atoms with E-state index in [4.69, 9.17) is 4.74 Å². The highest BCUT2D eigenvalue weighted by molar-refractivity contribution is 5.76. The SMILES string of the molecule is CC[C@@H](C)Oc1cccc(-c2nnc(CCC(=O)NCCc3ccccc3)c(=O)[nH]2)c1. The smallest absolute Gasteiger partial charge is 0.273 e. The first kappa shape index (κ1) is 22.2. The second kappa shape index (κ2) is 11.1. The van der Waals surface area contributed by atoms with E-state index < -0.39 is 0 Å². The molecule has 0 saturated carbocycles. The molecule has 0 aliphatic carbocycles. The molecule has 0 spiro atoms. The zero-order chi connectivity index (χ0) is 22.1. The summed E-state index contributed by atoms with van der Waals surface area (Å²) in [5, 5.41) is 11.1. The van der Waals surface area contributed by atoms with E-state index in [0.29, 0.717) is 18.1 Å². The summed E-state index contributed by atoms with van der Waals surface area (Å²) in [6.45, 7) is 4.61. The summed E-state index contributed by atoms with van der Waals surface area (Å²) < 4.78 is 5.82. The van der Waals surface area contributed by atoms with Crippen molar-refractivity contribution in [3.05, 3.63) is 76.2 Å². The van der Waals surface area contributed by atoms with Gasteiger partial charge in [-0.25, -0.2) is 0 Å². The van der Waals surface area contributed by atoms with Gasteiger partial charge >= 0.3 is 0 Å². The number of carbonyl (C=O) groups is 1. The van der Waals surface area contributed by atoms with Crippen LogP contribution in [-0.4, -0.2) is 33.7 Å². The van der Waals surface area contributed by atoms with Gasteiger partial charge in [0.15, 0.2) is 5.82 Å². The van der Waals surface area contributed by atoms with Crippen LogP contribution in [-0.2, 0) is 17.6 Å². The van der Waals surface area contributed by atoms with Crippen molar-refractivity contribution < 1.29 is 9.53 Å². The van der Waals surface area contributed by atoms with Crippen LogP contribution in [0.3, 0.4) is 0 Å². The number of aromatic nitrogens is 3. The molecule has 0 aliphatic heterocycles. The first-order chi connectivity index (χ1) is 15.0. The number of nitrogens with one attached hydrogen (secondary N) is 2. The van der Waals surface area contributed by atoms with Crippen LogP contribution in [0.1, 0.15) is 37.9 Å². The van der Waals surface area contributed by atoms with Crippen LogP contribution in [0.2, 0.25) is 0 Å². The minimum Gasteiger partial charge on any atom is -0.491 e. The molecule has 2 N–H and O–H groups in total. The summed E-state index contributed by atoms with van der Waals surface area (Å²) in [6.07, 6.45) is 2.18. The zero-order valence-corrected chi connectivity index (χ0v) is 17.9. The van der Waals surface area contributed by atoms with Crippen molar-refractivity contribution >= 4 is 5.91 Å². The largest absolute Gasteiger partial charge is 0.491 e. The number of amides is 1. The van der Waals surface area contributed by atoms with Gasteiger partial charge in [0.25, 0.3) is 5.56 Å². The number of aromatic amines is 1. The van der Waals surface area contributed by atoms with Crippen LogP contribution in [0, 0.1) is 0 Å². The normalized spacial score (nSPS) is 11.7. The molecule has 7 heteroatoms. The first-order valence-corrected chi connectivity index (χ1v) is 10.6. The second-order valence-corrected chi connectivity index (χ2v) is 7.40. The van der Waals surface area contributed by atoms with Crippen molar-refractivity contribution in [2.45, 2.75) is 45.6 Å². The van der Waals surface area contributed by atoms with E-state index in [-0.39, 0.29) is 36.1 Å². The van der Waals surface area contributed by atoms with Gasteiger partial charge in [0.2, 0.25) is 5.91 Å². The van der Waals surface area contributed by atoms with E-state index in [0.717, 1.165) is 18.4 Å². The van der Waals surface area contributed by atoms with Gasteiger partial charge in [-0.05, 0) is 37.5 Å². The number of rotatable bonds is 10. The lowest BCUT2D eigenvalue weighted by atomic mass is 10.1. The molecule has 162 valence electrons. The Kier molecular flexibility index (Phi) is 7.92. The van der Waals surface area contributed by atoms with Gasteiger partial charge in [0, 0.05) is 24.9 Å². The van der Waals surface area contributed by atoms with E-state index in [2.05, 4.69) is 27.4 Å². The van der Waals surface area contributed by atoms with Gasteiger partial charge in [-0.15, -0.1) is 10.2 Å². The number of aryl methyl sites for hydroxylation is 1. The Labute approximate surface area is 181 Å². The van der Waals surface area contributed by atoms with Crippen molar-refractivity contribution in [1.29, 1.82) is 0 Å². The third-order valence-corrected chi connectivity index (χ3v) is 4.95. The molecule has 1 amide bonds. The molecular formula is C24H28N4O3. The standard InChI is InChI=1S/C24H28N4O3/c1-3-17(2)31-20-11-7-10-19(16-20)23-26-24(30)21(27-28-23)12-13-22(29)25-15-14-18-8-5-4-6-9-18/h4-11,16-17H,3,12-15H2,1-2H3,(H,25,29)(H,26,28,30)/t17-/m1/s1. The molecule has 2 aromatic carbocycles. The summed E-state index contributed by atoms with van der Waals surface area (Å²) in [5.74, 6) is 0.970. The third kappa shape index (κ3) is 6.77. The number of nitrogens with zero attached hydrogens (tertiary/aromatic N) is 2. The minimum atomic E-state index is -0.338. The minimum absolute atomic E-state index is 0.0987.